The lowest BCUT2D eigenvalue weighted by atomic mass is 10.3. The first kappa shape index (κ1) is 10.1. The van der Waals surface area contributed by atoms with E-state index in [0.717, 1.165) is 24.3 Å². The normalized spacial score (nSPS) is 8.36. The maximum absolute atomic E-state index is 11.9. The summed E-state index contributed by atoms with van der Waals surface area (Å²) in [4.78, 5) is 0. The molecule has 0 saturated heterocycles. The summed E-state index contributed by atoms with van der Waals surface area (Å²) in [6, 6.07) is 4.31. The molecule has 0 spiro atoms. The van der Waals surface area contributed by atoms with Gasteiger partial charge in [0.15, 0.2) is 0 Å². The van der Waals surface area contributed by atoms with Crippen LogP contribution in [0.25, 0.3) is 0 Å². The van der Waals surface area contributed by atoms with Gasteiger partial charge in [0, 0.05) is 0 Å². The van der Waals surface area contributed by atoms with Crippen molar-refractivity contribution in [3.63, 3.8) is 0 Å². The van der Waals surface area contributed by atoms with Crippen molar-refractivity contribution in [2.45, 2.75) is 20.3 Å². The Kier molecular flexibility index (Phi) is 5.35. The molecule has 0 radical (unpaired) electrons. The Balaban J connectivity index is 0.000000292. The molecule has 0 saturated carbocycles. The monoisotopic (exact) mass is 158 g/mol. The van der Waals surface area contributed by atoms with Crippen LogP contribution in [-0.2, 0) is 0 Å². The highest BCUT2D eigenvalue weighted by Crippen LogP contribution is 1.98. The summed E-state index contributed by atoms with van der Waals surface area (Å²) >= 11 is 0. The Morgan fingerprint density at radius 1 is 0.909 bits per heavy atom. The molecule has 0 amide bonds. The van der Waals surface area contributed by atoms with Crippen molar-refractivity contribution in [2.24, 2.45) is 0 Å². The first-order valence-corrected chi connectivity index (χ1v) is 3.61. The van der Waals surface area contributed by atoms with E-state index in [1.165, 1.54) is 6.42 Å². The second-order valence-corrected chi connectivity index (χ2v) is 2.14. The molecule has 0 fully saturated rings. The van der Waals surface area contributed by atoms with Crippen LogP contribution in [0, 0.1) is 11.6 Å². The molecule has 0 aliphatic rings. The third-order valence-electron chi connectivity index (χ3n) is 0.804. The quantitative estimate of drug-likeness (QED) is 0.543. The van der Waals surface area contributed by atoms with Crippen LogP contribution in [0.2, 0.25) is 0 Å². The molecule has 2 heteroatoms. The molecule has 0 nitrogen and oxygen atoms in total. The van der Waals surface area contributed by atoms with E-state index >= 15 is 0 Å². The van der Waals surface area contributed by atoms with Crippen molar-refractivity contribution in [3.05, 3.63) is 35.9 Å². The summed E-state index contributed by atoms with van der Waals surface area (Å²) in [5.74, 6) is -0.821. The highest BCUT2D eigenvalue weighted by Gasteiger charge is 1.86. The van der Waals surface area contributed by atoms with Gasteiger partial charge < -0.3 is 0 Å². The van der Waals surface area contributed by atoms with Gasteiger partial charge in [0.2, 0.25) is 0 Å². The second-order valence-electron chi connectivity index (χ2n) is 2.14. The van der Waals surface area contributed by atoms with Gasteiger partial charge in [-0.05, 0) is 24.3 Å². The van der Waals surface area contributed by atoms with Crippen LogP contribution < -0.4 is 0 Å². The lowest BCUT2D eigenvalue weighted by Crippen LogP contribution is -1.72. The molecule has 0 bridgehead atoms. The van der Waals surface area contributed by atoms with Gasteiger partial charge in [-0.2, -0.15) is 0 Å². The van der Waals surface area contributed by atoms with Crippen molar-refractivity contribution in [1.29, 1.82) is 0 Å². The summed E-state index contributed by atoms with van der Waals surface area (Å²) in [5, 5.41) is 0. The van der Waals surface area contributed by atoms with E-state index < -0.39 is 11.6 Å². The smallest absolute Gasteiger partial charge is 0.123 e. The number of hydrogen-bond acceptors (Lipinski definition) is 0. The van der Waals surface area contributed by atoms with E-state index in [4.69, 9.17) is 0 Å². The molecule has 62 valence electrons. The Bertz CT molecular complexity index is 158. The largest absolute Gasteiger partial charge is 0.207 e. The predicted molar refractivity (Wildman–Crippen MR) is 42.3 cm³/mol. The predicted octanol–water partition coefficient (Wildman–Crippen LogP) is 3.38. The molecule has 0 atom stereocenters. The highest BCUT2D eigenvalue weighted by molar-refractivity contribution is 5.04. The van der Waals surface area contributed by atoms with Crippen LogP contribution >= 0.6 is 0 Å². The summed E-state index contributed by atoms with van der Waals surface area (Å²) in [5.41, 5.74) is 0. The molecule has 0 N–H and O–H groups in total. The van der Waals surface area contributed by atoms with Gasteiger partial charge in [-0.15, -0.1) is 0 Å². The molecule has 0 aliphatic heterocycles. The number of halogens is 2. The van der Waals surface area contributed by atoms with E-state index in [9.17, 15) is 8.78 Å². The molecule has 1 aromatic carbocycles. The zero-order valence-electron chi connectivity index (χ0n) is 6.77. The Hall–Kier alpha value is -0.920. The fourth-order valence-electron chi connectivity index (χ4n) is 0.430. The van der Waals surface area contributed by atoms with E-state index in [-0.39, 0.29) is 0 Å². The zero-order chi connectivity index (χ0) is 8.69. The molecular formula is C9H12F2. The van der Waals surface area contributed by atoms with Crippen molar-refractivity contribution < 1.29 is 8.78 Å². The second kappa shape index (κ2) is 5.83. The molecule has 1 rings (SSSR count). The maximum atomic E-state index is 11.9. The van der Waals surface area contributed by atoms with Gasteiger partial charge in [0.05, 0.1) is 0 Å². The third-order valence-corrected chi connectivity index (χ3v) is 0.804. The van der Waals surface area contributed by atoms with Crippen LogP contribution in [0.15, 0.2) is 24.3 Å². The Morgan fingerprint density at radius 2 is 1.09 bits per heavy atom. The lowest BCUT2D eigenvalue weighted by Gasteiger charge is -1.83. The van der Waals surface area contributed by atoms with E-state index in [1.54, 1.807) is 0 Å². The van der Waals surface area contributed by atoms with Gasteiger partial charge in [0.1, 0.15) is 11.6 Å². The molecular weight excluding hydrogens is 146 g/mol. The standard InChI is InChI=1S/C6H4F2.C3H8/c7-5-1-2-6(8)4-3-5;1-3-2/h1-4H;3H2,1-2H3. The number of rotatable bonds is 0. The van der Waals surface area contributed by atoms with Gasteiger partial charge in [-0.25, -0.2) is 8.78 Å². The Labute approximate surface area is 65.9 Å². The minimum absolute atomic E-state index is 0.411. The first-order valence-electron chi connectivity index (χ1n) is 3.61. The average molecular weight is 158 g/mol. The van der Waals surface area contributed by atoms with Crippen LogP contribution in [0.1, 0.15) is 20.3 Å². The lowest BCUT2D eigenvalue weighted by molar-refractivity contribution is 0.600. The highest BCUT2D eigenvalue weighted by atomic mass is 19.1. The molecule has 1 aromatic rings. The fraction of sp³-hybridized carbons (Fsp3) is 0.333. The van der Waals surface area contributed by atoms with Crippen LogP contribution in [-0.4, -0.2) is 0 Å². The van der Waals surface area contributed by atoms with E-state index in [1.807, 2.05) is 0 Å². The van der Waals surface area contributed by atoms with Gasteiger partial charge in [0.25, 0.3) is 0 Å². The summed E-state index contributed by atoms with van der Waals surface area (Å²) in [7, 11) is 0. The molecule has 11 heavy (non-hydrogen) atoms. The van der Waals surface area contributed by atoms with E-state index in [0.29, 0.717) is 0 Å². The molecule has 0 heterocycles. The molecule has 0 unspecified atom stereocenters. The van der Waals surface area contributed by atoms with Crippen molar-refractivity contribution in [3.8, 4) is 0 Å². The number of benzene rings is 1. The van der Waals surface area contributed by atoms with Crippen LogP contribution in [0.4, 0.5) is 8.78 Å². The summed E-state index contributed by atoms with van der Waals surface area (Å²) in [6.07, 6.45) is 1.25. The average Bonchev–Trinajstić information content (AvgIpc) is 1.97. The fourth-order valence-corrected chi connectivity index (χ4v) is 0.430. The van der Waals surface area contributed by atoms with E-state index in [2.05, 4.69) is 13.8 Å². The SMILES string of the molecule is CCC.Fc1ccc(F)cc1. The summed E-state index contributed by atoms with van der Waals surface area (Å²) < 4.78 is 23.8. The summed E-state index contributed by atoms with van der Waals surface area (Å²) in [6.45, 7) is 4.25. The van der Waals surface area contributed by atoms with Gasteiger partial charge in [-0.1, -0.05) is 20.3 Å². The Morgan fingerprint density at radius 3 is 1.27 bits per heavy atom. The van der Waals surface area contributed by atoms with Crippen molar-refractivity contribution in [1.82, 2.24) is 0 Å². The van der Waals surface area contributed by atoms with Gasteiger partial charge in [-0.3, -0.25) is 0 Å². The number of hydrogen-bond donors (Lipinski definition) is 0. The van der Waals surface area contributed by atoms with Crippen LogP contribution in [0.5, 0.6) is 0 Å². The third kappa shape index (κ3) is 5.52. The minimum Gasteiger partial charge on any atom is -0.207 e. The minimum atomic E-state index is -0.411. The van der Waals surface area contributed by atoms with Crippen LogP contribution in [0.3, 0.4) is 0 Å². The first-order chi connectivity index (χ1) is 5.20. The molecule has 0 aromatic heterocycles. The van der Waals surface area contributed by atoms with Gasteiger partial charge >= 0.3 is 0 Å². The topological polar surface area (TPSA) is 0 Å². The van der Waals surface area contributed by atoms with Crippen molar-refractivity contribution >= 4 is 0 Å². The van der Waals surface area contributed by atoms with Crippen molar-refractivity contribution in [2.75, 3.05) is 0 Å². The molecule has 0 aliphatic carbocycles. The zero-order valence-corrected chi connectivity index (χ0v) is 6.77. The maximum Gasteiger partial charge on any atom is 0.123 e.